The van der Waals surface area contributed by atoms with Crippen LogP contribution >= 0.6 is 27.7 Å². The van der Waals surface area contributed by atoms with Gasteiger partial charge in [0, 0.05) is 20.8 Å². The highest BCUT2D eigenvalue weighted by atomic mass is 79.9. The Kier molecular flexibility index (Phi) is 5.25. The third-order valence-corrected chi connectivity index (χ3v) is 4.66. The number of carbonyl (C=O) groups is 1. The number of halogens is 2. The molecule has 0 saturated heterocycles. The van der Waals surface area contributed by atoms with Crippen LogP contribution in [-0.2, 0) is 10.5 Å². The number of carbonyl (C=O) groups excluding carboxylic acids is 1. The fourth-order valence-electron chi connectivity index (χ4n) is 1.76. The molecule has 3 nitrogen and oxygen atoms in total. The quantitative estimate of drug-likeness (QED) is 0.497. The van der Waals surface area contributed by atoms with Crippen molar-refractivity contribution in [2.24, 2.45) is 0 Å². The average Bonchev–Trinajstić information content (AvgIpc) is 2.48. The van der Waals surface area contributed by atoms with Crippen molar-refractivity contribution in [1.29, 1.82) is 0 Å². The van der Waals surface area contributed by atoms with E-state index in [1.54, 1.807) is 18.2 Å². The van der Waals surface area contributed by atoms with Crippen LogP contribution in [0.1, 0.15) is 15.9 Å². The van der Waals surface area contributed by atoms with Gasteiger partial charge in [-0.15, -0.1) is 11.8 Å². The lowest BCUT2D eigenvalue weighted by Crippen LogP contribution is -2.07. The number of rotatable bonds is 4. The Hall–Kier alpha value is -1.53. The van der Waals surface area contributed by atoms with Crippen molar-refractivity contribution < 1.29 is 13.9 Å². The summed E-state index contributed by atoms with van der Waals surface area (Å²) >= 11 is 4.58. The summed E-state index contributed by atoms with van der Waals surface area (Å²) in [6.07, 6.45) is 0. The molecule has 0 fully saturated rings. The topological polar surface area (TPSA) is 52.3 Å². The molecule has 0 unspecified atom stereocenters. The second-order valence-corrected chi connectivity index (χ2v) is 6.09. The lowest BCUT2D eigenvalue weighted by Gasteiger charge is -2.10. The van der Waals surface area contributed by atoms with E-state index in [0.717, 1.165) is 4.90 Å². The van der Waals surface area contributed by atoms with Gasteiger partial charge < -0.3 is 10.5 Å². The third kappa shape index (κ3) is 3.57. The summed E-state index contributed by atoms with van der Waals surface area (Å²) in [4.78, 5) is 12.5. The van der Waals surface area contributed by atoms with Crippen LogP contribution in [0.4, 0.5) is 10.1 Å². The van der Waals surface area contributed by atoms with E-state index in [2.05, 4.69) is 20.7 Å². The van der Waals surface area contributed by atoms with Gasteiger partial charge >= 0.3 is 5.97 Å². The Balaban J connectivity index is 2.25. The minimum Gasteiger partial charge on any atom is -0.465 e. The number of anilines is 1. The number of benzene rings is 2. The zero-order valence-corrected chi connectivity index (χ0v) is 13.6. The molecule has 0 bridgehead atoms. The van der Waals surface area contributed by atoms with Gasteiger partial charge in [-0.05, 0) is 39.7 Å². The van der Waals surface area contributed by atoms with Gasteiger partial charge in [0.2, 0.25) is 0 Å². The second kappa shape index (κ2) is 6.95. The highest BCUT2D eigenvalue weighted by Gasteiger charge is 2.19. The number of hydrogen-bond donors (Lipinski definition) is 1. The van der Waals surface area contributed by atoms with Crippen molar-refractivity contribution in [3.8, 4) is 0 Å². The second-order valence-electron chi connectivity index (χ2n) is 4.21. The van der Waals surface area contributed by atoms with Crippen LogP contribution in [0.3, 0.4) is 0 Å². The normalized spacial score (nSPS) is 10.4. The van der Waals surface area contributed by atoms with Crippen molar-refractivity contribution >= 4 is 39.3 Å². The molecule has 110 valence electrons. The van der Waals surface area contributed by atoms with Crippen molar-refractivity contribution in [1.82, 2.24) is 0 Å². The van der Waals surface area contributed by atoms with Gasteiger partial charge in [0.05, 0.1) is 7.11 Å². The number of ether oxygens (including phenoxy) is 1. The van der Waals surface area contributed by atoms with Gasteiger partial charge in [-0.3, -0.25) is 0 Å². The van der Waals surface area contributed by atoms with Gasteiger partial charge in [0.25, 0.3) is 0 Å². The van der Waals surface area contributed by atoms with Crippen LogP contribution < -0.4 is 5.73 Å². The number of nitrogen functional groups attached to an aromatic ring is 1. The molecule has 21 heavy (non-hydrogen) atoms. The summed E-state index contributed by atoms with van der Waals surface area (Å²) in [5, 5.41) is 0. The summed E-state index contributed by atoms with van der Waals surface area (Å²) in [5.41, 5.74) is 6.83. The Morgan fingerprint density at radius 1 is 1.33 bits per heavy atom. The van der Waals surface area contributed by atoms with Crippen LogP contribution in [0.15, 0.2) is 45.8 Å². The highest BCUT2D eigenvalue weighted by Crippen LogP contribution is 2.31. The maximum atomic E-state index is 14.4. The number of esters is 1. The van der Waals surface area contributed by atoms with Crippen molar-refractivity contribution in [2.45, 2.75) is 10.6 Å². The number of para-hydroxylation sites is 1. The minimum atomic E-state index is -0.703. The largest absolute Gasteiger partial charge is 0.465 e. The van der Waals surface area contributed by atoms with E-state index < -0.39 is 11.8 Å². The molecule has 0 aromatic heterocycles. The molecular formula is C15H13BrFNO2S. The summed E-state index contributed by atoms with van der Waals surface area (Å²) in [6, 6.07) is 10.7. The van der Waals surface area contributed by atoms with Crippen LogP contribution in [0.2, 0.25) is 0 Å². The molecule has 2 aromatic rings. The van der Waals surface area contributed by atoms with Gasteiger partial charge in [-0.2, -0.15) is 0 Å². The number of methoxy groups -OCH3 is 1. The van der Waals surface area contributed by atoms with Crippen LogP contribution in [0, 0.1) is 5.82 Å². The first-order chi connectivity index (χ1) is 10.0. The summed E-state index contributed by atoms with van der Waals surface area (Å²) in [6.45, 7) is 0. The molecule has 0 spiro atoms. The fraction of sp³-hybridized carbons (Fsp3) is 0.133. The smallest absolute Gasteiger partial charge is 0.342 e. The Labute approximate surface area is 134 Å². The van der Waals surface area contributed by atoms with Crippen molar-refractivity contribution in [3.63, 3.8) is 0 Å². The van der Waals surface area contributed by atoms with Crippen LogP contribution in [0.5, 0.6) is 0 Å². The van der Waals surface area contributed by atoms with Gasteiger partial charge in [-0.1, -0.05) is 18.2 Å². The predicted octanol–water partition coefficient (Wildman–Crippen LogP) is 4.25. The highest BCUT2D eigenvalue weighted by molar-refractivity contribution is 9.10. The average molecular weight is 370 g/mol. The molecule has 0 saturated carbocycles. The van der Waals surface area contributed by atoms with E-state index in [-0.39, 0.29) is 5.56 Å². The van der Waals surface area contributed by atoms with E-state index >= 15 is 0 Å². The minimum absolute atomic E-state index is 0.0865. The first-order valence-corrected chi connectivity index (χ1v) is 7.85. The summed E-state index contributed by atoms with van der Waals surface area (Å²) in [7, 11) is 1.22. The van der Waals surface area contributed by atoms with E-state index in [1.807, 2.05) is 18.2 Å². The number of thioether (sulfide) groups is 1. The number of hydrogen-bond acceptors (Lipinski definition) is 4. The molecule has 6 heteroatoms. The van der Waals surface area contributed by atoms with Gasteiger partial charge in [0.1, 0.15) is 11.4 Å². The summed E-state index contributed by atoms with van der Waals surface area (Å²) in [5.74, 6) is -0.902. The molecule has 0 aliphatic heterocycles. The molecule has 2 aromatic carbocycles. The van der Waals surface area contributed by atoms with E-state index in [1.165, 1.54) is 18.9 Å². The molecule has 0 heterocycles. The third-order valence-electron chi connectivity index (χ3n) is 2.86. The lowest BCUT2D eigenvalue weighted by atomic mass is 10.1. The summed E-state index contributed by atoms with van der Waals surface area (Å²) < 4.78 is 19.4. The molecule has 0 aliphatic carbocycles. The standard InChI is InChI=1S/C15H13BrFNO2S/c1-20-15(19)13-10(16)7-6-9(14(13)17)8-21-12-5-3-2-4-11(12)18/h2-7H,8,18H2,1H3. The van der Waals surface area contributed by atoms with Gasteiger partial charge in [0.15, 0.2) is 0 Å². The Morgan fingerprint density at radius 2 is 2.05 bits per heavy atom. The Bertz CT molecular complexity index is 679. The first kappa shape index (κ1) is 15.9. The first-order valence-electron chi connectivity index (χ1n) is 6.07. The molecular weight excluding hydrogens is 357 g/mol. The van der Waals surface area contributed by atoms with Crippen molar-refractivity contribution in [2.75, 3.05) is 12.8 Å². The predicted molar refractivity (Wildman–Crippen MR) is 85.9 cm³/mol. The molecule has 0 aliphatic rings. The molecule has 2 rings (SSSR count). The Morgan fingerprint density at radius 3 is 2.71 bits per heavy atom. The molecule has 0 amide bonds. The van der Waals surface area contributed by atoms with Crippen molar-refractivity contribution in [3.05, 3.63) is 57.8 Å². The monoisotopic (exact) mass is 369 g/mol. The van der Waals surface area contributed by atoms with E-state index in [4.69, 9.17) is 5.73 Å². The van der Waals surface area contributed by atoms with Crippen LogP contribution in [-0.4, -0.2) is 13.1 Å². The maximum Gasteiger partial charge on any atom is 0.342 e. The van der Waals surface area contributed by atoms with Crippen LogP contribution in [0.25, 0.3) is 0 Å². The van der Waals surface area contributed by atoms with E-state index in [0.29, 0.717) is 21.5 Å². The lowest BCUT2D eigenvalue weighted by molar-refractivity contribution is 0.0594. The molecule has 0 radical (unpaired) electrons. The maximum absolute atomic E-state index is 14.4. The van der Waals surface area contributed by atoms with E-state index in [9.17, 15) is 9.18 Å². The fourth-order valence-corrected chi connectivity index (χ4v) is 3.18. The number of nitrogens with two attached hydrogens (primary N) is 1. The molecule has 0 atom stereocenters. The zero-order chi connectivity index (χ0) is 15.4. The zero-order valence-electron chi connectivity index (χ0n) is 11.2. The SMILES string of the molecule is COC(=O)c1c(Br)ccc(CSc2ccccc2N)c1F. The molecule has 2 N–H and O–H groups in total. The van der Waals surface area contributed by atoms with Gasteiger partial charge in [-0.25, -0.2) is 9.18 Å².